The van der Waals surface area contributed by atoms with Gasteiger partial charge < -0.3 is 4.79 Å². The maximum Gasteiger partial charge on any atom is 0.105 e. The molecule has 0 aliphatic rings. The number of rotatable bonds is 1. The number of ketones is 1. The topological polar surface area (TPSA) is 17.1 Å². The fraction of sp³-hybridized carbons (Fsp3) is 0.125. The van der Waals surface area contributed by atoms with E-state index >= 15 is 0 Å². The molecular weight excluding hydrogens is 177 g/mol. The zero-order chi connectivity index (χ0) is 6.69. The molecule has 0 aliphatic carbocycles. The summed E-state index contributed by atoms with van der Waals surface area (Å²) in [5.74, 6) is 0.0897. The number of hydrogen-bond donors (Lipinski definition) is 0. The van der Waals surface area contributed by atoms with Crippen LogP contribution in [0.15, 0.2) is 24.3 Å². The van der Waals surface area contributed by atoms with Crippen molar-refractivity contribution in [1.82, 2.24) is 0 Å². The molecular formula is C8H7OZn-. The molecule has 0 radical (unpaired) electrons. The van der Waals surface area contributed by atoms with E-state index in [0.717, 1.165) is 5.56 Å². The summed E-state index contributed by atoms with van der Waals surface area (Å²) in [5, 5.41) is 0. The smallest absolute Gasteiger partial charge is 0.105 e. The molecule has 0 unspecified atom stereocenters. The second-order valence-corrected chi connectivity index (χ2v) is 1.85. The van der Waals surface area contributed by atoms with Crippen molar-refractivity contribution in [2.24, 2.45) is 0 Å². The second-order valence-electron chi connectivity index (χ2n) is 1.85. The number of benzene rings is 1. The van der Waals surface area contributed by atoms with Crippen LogP contribution < -0.4 is 0 Å². The Morgan fingerprint density at radius 2 is 2.30 bits per heavy atom. The quantitative estimate of drug-likeness (QED) is 0.369. The van der Waals surface area contributed by atoms with Gasteiger partial charge in [0.1, 0.15) is 5.78 Å². The molecule has 0 amide bonds. The summed E-state index contributed by atoms with van der Waals surface area (Å²) in [4.78, 5) is 10.6. The van der Waals surface area contributed by atoms with Crippen LogP contribution in [-0.2, 0) is 19.5 Å². The molecule has 2 heteroatoms. The van der Waals surface area contributed by atoms with Crippen molar-refractivity contribution in [3.05, 3.63) is 35.9 Å². The maximum atomic E-state index is 10.6. The molecule has 1 nitrogen and oxygen atoms in total. The normalized spacial score (nSPS) is 8.10. The van der Waals surface area contributed by atoms with Gasteiger partial charge in [-0.15, -0.1) is 0 Å². The first-order valence-corrected chi connectivity index (χ1v) is 2.78. The van der Waals surface area contributed by atoms with Crippen molar-refractivity contribution >= 4 is 5.78 Å². The van der Waals surface area contributed by atoms with Gasteiger partial charge in [0, 0.05) is 19.5 Å². The van der Waals surface area contributed by atoms with Gasteiger partial charge in [0.15, 0.2) is 0 Å². The van der Waals surface area contributed by atoms with Gasteiger partial charge >= 0.3 is 0 Å². The molecule has 0 aliphatic heterocycles. The molecule has 0 heterocycles. The number of Topliss-reactive ketones (excluding diaryl/α,β-unsaturated/α-hetero) is 1. The molecule has 1 aromatic rings. The van der Waals surface area contributed by atoms with Crippen LogP contribution in [-0.4, -0.2) is 5.78 Å². The van der Waals surface area contributed by atoms with Crippen molar-refractivity contribution in [1.29, 1.82) is 0 Å². The van der Waals surface area contributed by atoms with E-state index in [-0.39, 0.29) is 25.3 Å². The molecule has 10 heavy (non-hydrogen) atoms. The minimum atomic E-state index is 0. The van der Waals surface area contributed by atoms with E-state index in [1.807, 2.05) is 0 Å². The van der Waals surface area contributed by atoms with E-state index in [9.17, 15) is 4.79 Å². The van der Waals surface area contributed by atoms with Crippen LogP contribution in [0, 0.1) is 6.07 Å². The molecule has 0 fully saturated rings. The summed E-state index contributed by atoms with van der Waals surface area (Å²) in [6.07, 6.45) is 0. The van der Waals surface area contributed by atoms with E-state index in [1.54, 1.807) is 31.2 Å². The molecule has 0 aromatic heterocycles. The first-order chi connectivity index (χ1) is 4.30. The first kappa shape index (κ1) is 9.51. The molecule has 48 valence electrons. The minimum Gasteiger partial charge on any atom is -0.309 e. The van der Waals surface area contributed by atoms with Gasteiger partial charge in [0.25, 0.3) is 0 Å². The van der Waals surface area contributed by atoms with E-state index in [0.29, 0.717) is 0 Å². The van der Waals surface area contributed by atoms with Crippen molar-refractivity contribution in [2.75, 3.05) is 0 Å². The zero-order valence-electron chi connectivity index (χ0n) is 5.92. The van der Waals surface area contributed by atoms with Crippen LogP contribution in [0.5, 0.6) is 0 Å². The summed E-state index contributed by atoms with van der Waals surface area (Å²) < 4.78 is 0. The fourth-order valence-electron chi connectivity index (χ4n) is 0.612. The average Bonchev–Trinajstić information content (AvgIpc) is 1.90. The van der Waals surface area contributed by atoms with Crippen LogP contribution in [0.2, 0.25) is 0 Å². The van der Waals surface area contributed by atoms with Gasteiger partial charge in [-0.25, -0.2) is 0 Å². The van der Waals surface area contributed by atoms with Crippen LogP contribution in [0.25, 0.3) is 0 Å². The molecule has 1 rings (SSSR count). The third kappa shape index (κ3) is 2.40. The van der Waals surface area contributed by atoms with E-state index < -0.39 is 0 Å². The Kier molecular flexibility index (Phi) is 4.14. The van der Waals surface area contributed by atoms with Crippen LogP contribution in [0.1, 0.15) is 17.3 Å². The Hall–Kier alpha value is -0.487. The van der Waals surface area contributed by atoms with Crippen molar-refractivity contribution in [2.45, 2.75) is 6.92 Å². The predicted octanol–water partition coefficient (Wildman–Crippen LogP) is 1.69. The standard InChI is InChI=1S/C8H7O.Zn/c1-7(9)8-5-3-2-4-6-8;/h2-3,5-6H,1H3;/q-1;. The summed E-state index contributed by atoms with van der Waals surface area (Å²) in [6, 6.07) is 9.85. The van der Waals surface area contributed by atoms with E-state index in [2.05, 4.69) is 6.07 Å². The van der Waals surface area contributed by atoms with Gasteiger partial charge in [0.05, 0.1) is 0 Å². The minimum absolute atomic E-state index is 0. The predicted molar refractivity (Wildman–Crippen MR) is 35.3 cm³/mol. The first-order valence-electron chi connectivity index (χ1n) is 2.78. The summed E-state index contributed by atoms with van der Waals surface area (Å²) in [6.45, 7) is 1.54. The fourth-order valence-corrected chi connectivity index (χ4v) is 0.612. The SMILES string of the molecule is CC(=O)c1c[c-]ccc1.[Zn]. The van der Waals surface area contributed by atoms with E-state index in [1.165, 1.54) is 0 Å². The Morgan fingerprint density at radius 3 is 2.60 bits per heavy atom. The van der Waals surface area contributed by atoms with Gasteiger partial charge in [-0.3, -0.25) is 0 Å². The Morgan fingerprint density at radius 1 is 1.60 bits per heavy atom. The monoisotopic (exact) mass is 183 g/mol. The van der Waals surface area contributed by atoms with Crippen molar-refractivity contribution in [3.8, 4) is 0 Å². The van der Waals surface area contributed by atoms with E-state index in [4.69, 9.17) is 0 Å². The van der Waals surface area contributed by atoms with Crippen LogP contribution in [0.3, 0.4) is 0 Å². The molecule has 1 aromatic carbocycles. The van der Waals surface area contributed by atoms with Crippen LogP contribution in [0.4, 0.5) is 0 Å². The van der Waals surface area contributed by atoms with Crippen molar-refractivity contribution in [3.63, 3.8) is 0 Å². The molecule has 0 saturated heterocycles. The van der Waals surface area contributed by atoms with Gasteiger partial charge in [0.2, 0.25) is 0 Å². The van der Waals surface area contributed by atoms with Crippen molar-refractivity contribution < 1.29 is 24.3 Å². The van der Waals surface area contributed by atoms with Crippen LogP contribution >= 0.6 is 0 Å². The largest absolute Gasteiger partial charge is 0.309 e. The summed E-state index contributed by atoms with van der Waals surface area (Å²) in [7, 11) is 0. The molecule has 0 spiro atoms. The summed E-state index contributed by atoms with van der Waals surface area (Å²) >= 11 is 0. The number of carbonyl (C=O) groups excluding carboxylic acids is 1. The van der Waals surface area contributed by atoms with Gasteiger partial charge in [-0.2, -0.15) is 30.3 Å². The molecule has 0 N–H and O–H groups in total. The van der Waals surface area contributed by atoms with Gasteiger partial charge in [-0.05, 0) is 6.92 Å². The Balaban J connectivity index is 0.000000810. The average molecular weight is 185 g/mol. The molecule has 0 atom stereocenters. The number of hydrogen-bond acceptors (Lipinski definition) is 1. The third-order valence-corrected chi connectivity index (χ3v) is 1.11. The maximum absolute atomic E-state index is 10.6. The molecule has 0 saturated carbocycles. The Bertz CT molecular complexity index is 206. The number of carbonyl (C=O) groups is 1. The zero-order valence-corrected chi connectivity index (χ0v) is 8.89. The second kappa shape index (κ2) is 4.35. The Labute approximate surface area is 73.2 Å². The molecule has 0 bridgehead atoms. The summed E-state index contributed by atoms with van der Waals surface area (Å²) in [5.41, 5.74) is 0.720. The van der Waals surface area contributed by atoms with Gasteiger partial charge in [-0.1, -0.05) is 5.56 Å². The third-order valence-electron chi connectivity index (χ3n) is 1.11.